The smallest absolute Gasteiger partial charge is 0.276 e. The van der Waals surface area contributed by atoms with Crippen molar-refractivity contribution in [3.05, 3.63) is 95.8 Å². The molecule has 1 aliphatic rings. The van der Waals surface area contributed by atoms with Crippen LogP contribution in [-0.4, -0.2) is 23.5 Å². The summed E-state index contributed by atoms with van der Waals surface area (Å²) in [4.78, 5) is 22.6. The lowest BCUT2D eigenvalue weighted by Gasteiger charge is -2.32. The molecule has 0 aliphatic heterocycles. The Hall–Kier alpha value is -3.22. The molecule has 33 heavy (non-hydrogen) atoms. The fourth-order valence-electron chi connectivity index (χ4n) is 4.32. The standard InChI is InChI=1S/C27H32N4O2/c32-27(24-11-5-7-13-26(24)30-19-22-14-16-28-17-15-22)31-33-20-23-10-4-6-12-25(23)29-18-21-8-2-1-3-9-21/h1-3,5,7-9,11,13-17,23,25,29-30H,4,6,10,12,18-20H2,(H,31,32). The maximum absolute atomic E-state index is 12.8. The minimum absolute atomic E-state index is 0.238. The number of hydrogen-bond acceptors (Lipinski definition) is 5. The molecule has 1 amide bonds. The molecule has 172 valence electrons. The molecule has 2 atom stereocenters. The molecule has 0 radical (unpaired) electrons. The van der Waals surface area contributed by atoms with Gasteiger partial charge in [0.05, 0.1) is 12.2 Å². The molecule has 2 aromatic carbocycles. The Morgan fingerprint density at radius 1 is 0.879 bits per heavy atom. The molecule has 0 spiro atoms. The van der Waals surface area contributed by atoms with E-state index in [1.54, 1.807) is 18.5 Å². The van der Waals surface area contributed by atoms with Crippen molar-refractivity contribution >= 4 is 11.6 Å². The minimum atomic E-state index is -0.238. The van der Waals surface area contributed by atoms with E-state index in [-0.39, 0.29) is 5.91 Å². The second-order valence-electron chi connectivity index (χ2n) is 8.51. The predicted molar refractivity (Wildman–Crippen MR) is 130 cm³/mol. The number of hydroxylamine groups is 1. The van der Waals surface area contributed by atoms with Crippen LogP contribution in [0, 0.1) is 5.92 Å². The normalized spacial score (nSPS) is 17.9. The zero-order chi connectivity index (χ0) is 22.7. The van der Waals surface area contributed by atoms with Crippen molar-refractivity contribution in [1.29, 1.82) is 0 Å². The van der Waals surface area contributed by atoms with Gasteiger partial charge in [-0.25, -0.2) is 5.48 Å². The first-order valence-corrected chi connectivity index (χ1v) is 11.7. The van der Waals surface area contributed by atoms with Crippen LogP contribution in [0.2, 0.25) is 0 Å². The summed E-state index contributed by atoms with van der Waals surface area (Å²) in [5, 5.41) is 7.03. The first-order chi connectivity index (χ1) is 16.3. The van der Waals surface area contributed by atoms with Crippen LogP contribution in [0.1, 0.15) is 47.2 Å². The van der Waals surface area contributed by atoms with E-state index in [2.05, 4.69) is 45.4 Å². The van der Waals surface area contributed by atoms with E-state index in [9.17, 15) is 4.79 Å². The van der Waals surface area contributed by atoms with Gasteiger partial charge in [0.15, 0.2) is 0 Å². The SMILES string of the molecule is O=C(NOCC1CCCCC1NCc1ccccc1)c1ccccc1NCc1ccncc1. The highest BCUT2D eigenvalue weighted by molar-refractivity contribution is 5.98. The number of para-hydroxylation sites is 1. The van der Waals surface area contributed by atoms with Crippen LogP contribution in [0.4, 0.5) is 5.69 Å². The Bertz CT molecular complexity index is 997. The predicted octanol–water partition coefficient (Wildman–Crippen LogP) is 4.70. The van der Waals surface area contributed by atoms with Gasteiger partial charge in [0.1, 0.15) is 0 Å². The molecule has 1 aliphatic carbocycles. The van der Waals surface area contributed by atoms with Crippen molar-refractivity contribution in [3.63, 3.8) is 0 Å². The molecule has 0 saturated heterocycles. The summed E-state index contributed by atoms with van der Waals surface area (Å²) in [6, 6.07) is 22.2. The number of benzene rings is 2. The molecule has 1 aromatic heterocycles. The molecule has 1 heterocycles. The average molecular weight is 445 g/mol. The highest BCUT2D eigenvalue weighted by atomic mass is 16.7. The molecule has 1 saturated carbocycles. The number of nitrogens with one attached hydrogen (secondary N) is 3. The topological polar surface area (TPSA) is 75.3 Å². The van der Waals surface area contributed by atoms with E-state index in [0.717, 1.165) is 30.6 Å². The third kappa shape index (κ3) is 6.88. The lowest BCUT2D eigenvalue weighted by atomic mass is 9.85. The van der Waals surface area contributed by atoms with Gasteiger partial charge in [-0.15, -0.1) is 0 Å². The van der Waals surface area contributed by atoms with Crippen LogP contribution >= 0.6 is 0 Å². The molecule has 1 fully saturated rings. The van der Waals surface area contributed by atoms with Gasteiger partial charge in [0.25, 0.3) is 5.91 Å². The van der Waals surface area contributed by atoms with E-state index < -0.39 is 0 Å². The van der Waals surface area contributed by atoms with E-state index in [0.29, 0.717) is 30.7 Å². The number of carbonyl (C=O) groups is 1. The summed E-state index contributed by atoms with van der Waals surface area (Å²) in [7, 11) is 0. The Morgan fingerprint density at radius 2 is 1.61 bits per heavy atom. The van der Waals surface area contributed by atoms with Gasteiger partial charge in [-0.1, -0.05) is 55.3 Å². The molecule has 4 rings (SSSR count). The van der Waals surface area contributed by atoms with Gasteiger partial charge < -0.3 is 10.6 Å². The maximum Gasteiger partial charge on any atom is 0.276 e. The lowest BCUT2D eigenvalue weighted by molar-refractivity contribution is 0.00393. The van der Waals surface area contributed by atoms with Crippen LogP contribution in [-0.2, 0) is 17.9 Å². The minimum Gasteiger partial charge on any atom is -0.380 e. The van der Waals surface area contributed by atoms with E-state index in [1.165, 1.54) is 18.4 Å². The molecule has 6 heteroatoms. The Balaban J connectivity index is 1.27. The first-order valence-electron chi connectivity index (χ1n) is 11.7. The number of amides is 1. The summed E-state index contributed by atoms with van der Waals surface area (Å²) in [6.45, 7) is 1.97. The summed E-state index contributed by atoms with van der Waals surface area (Å²) in [5.41, 5.74) is 6.38. The van der Waals surface area contributed by atoms with Gasteiger partial charge in [0, 0.05) is 43.1 Å². The van der Waals surface area contributed by atoms with Gasteiger partial charge in [-0.05, 0) is 48.2 Å². The zero-order valence-corrected chi connectivity index (χ0v) is 18.9. The van der Waals surface area contributed by atoms with Crippen molar-refractivity contribution in [2.75, 3.05) is 11.9 Å². The van der Waals surface area contributed by atoms with E-state index >= 15 is 0 Å². The number of rotatable bonds is 10. The van der Waals surface area contributed by atoms with Gasteiger partial charge >= 0.3 is 0 Å². The van der Waals surface area contributed by atoms with Crippen LogP contribution in [0.5, 0.6) is 0 Å². The highest BCUT2D eigenvalue weighted by Crippen LogP contribution is 2.25. The number of hydrogen-bond donors (Lipinski definition) is 3. The molecule has 0 bridgehead atoms. The lowest BCUT2D eigenvalue weighted by Crippen LogP contribution is -2.41. The maximum atomic E-state index is 12.8. The van der Waals surface area contributed by atoms with E-state index in [4.69, 9.17) is 4.84 Å². The van der Waals surface area contributed by atoms with E-state index in [1.807, 2.05) is 36.4 Å². The summed E-state index contributed by atoms with van der Waals surface area (Å²) in [5.74, 6) is 0.139. The third-order valence-electron chi connectivity index (χ3n) is 6.19. The second-order valence-corrected chi connectivity index (χ2v) is 8.51. The third-order valence-corrected chi connectivity index (χ3v) is 6.19. The number of pyridine rings is 1. The van der Waals surface area contributed by atoms with Crippen molar-refractivity contribution < 1.29 is 9.63 Å². The Kier molecular flexibility index (Phi) is 8.44. The highest BCUT2D eigenvalue weighted by Gasteiger charge is 2.25. The second kappa shape index (κ2) is 12.1. The monoisotopic (exact) mass is 444 g/mol. The quantitative estimate of drug-likeness (QED) is 0.395. The molecule has 3 aromatic rings. The first kappa shape index (κ1) is 23.0. The largest absolute Gasteiger partial charge is 0.380 e. The van der Waals surface area contributed by atoms with Crippen molar-refractivity contribution in [2.24, 2.45) is 5.92 Å². The zero-order valence-electron chi connectivity index (χ0n) is 18.9. The molecule has 6 nitrogen and oxygen atoms in total. The molecule has 3 N–H and O–H groups in total. The number of anilines is 1. The van der Waals surface area contributed by atoms with Gasteiger partial charge in [-0.3, -0.25) is 14.6 Å². The summed E-state index contributed by atoms with van der Waals surface area (Å²) < 4.78 is 0. The summed E-state index contributed by atoms with van der Waals surface area (Å²) in [6.07, 6.45) is 8.19. The number of carbonyl (C=O) groups excluding carboxylic acids is 1. The van der Waals surface area contributed by atoms with Crippen LogP contribution in [0.25, 0.3) is 0 Å². The van der Waals surface area contributed by atoms with Crippen molar-refractivity contribution in [1.82, 2.24) is 15.8 Å². The molecular weight excluding hydrogens is 412 g/mol. The molecule has 2 unspecified atom stereocenters. The Morgan fingerprint density at radius 3 is 2.45 bits per heavy atom. The molecular formula is C27H32N4O2. The van der Waals surface area contributed by atoms with Crippen molar-refractivity contribution in [3.8, 4) is 0 Å². The number of aromatic nitrogens is 1. The van der Waals surface area contributed by atoms with Crippen LogP contribution < -0.4 is 16.1 Å². The Labute approximate surface area is 195 Å². The number of nitrogens with zero attached hydrogens (tertiary/aromatic N) is 1. The fraction of sp³-hybridized carbons (Fsp3) is 0.333. The fourth-order valence-corrected chi connectivity index (χ4v) is 4.32. The van der Waals surface area contributed by atoms with Crippen molar-refractivity contribution in [2.45, 2.75) is 44.8 Å². The van der Waals surface area contributed by atoms with Crippen LogP contribution in [0.15, 0.2) is 79.1 Å². The van der Waals surface area contributed by atoms with Gasteiger partial charge in [-0.2, -0.15) is 0 Å². The average Bonchev–Trinajstić information content (AvgIpc) is 2.88. The van der Waals surface area contributed by atoms with Crippen LogP contribution in [0.3, 0.4) is 0 Å². The van der Waals surface area contributed by atoms with Gasteiger partial charge in [0.2, 0.25) is 0 Å². The summed E-state index contributed by atoms with van der Waals surface area (Å²) >= 11 is 0.